The van der Waals surface area contributed by atoms with Gasteiger partial charge in [0.1, 0.15) is 20.2 Å². The van der Waals surface area contributed by atoms with Gasteiger partial charge in [-0.05, 0) is 103 Å². The second-order valence-electron chi connectivity index (χ2n) is 13.3. The van der Waals surface area contributed by atoms with Crippen molar-refractivity contribution in [3.8, 4) is 22.5 Å². The molecule has 0 spiro atoms. The summed E-state index contributed by atoms with van der Waals surface area (Å²) in [7, 11) is 0. The van der Waals surface area contributed by atoms with Crippen molar-refractivity contribution in [2.75, 3.05) is 0 Å². The van der Waals surface area contributed by atoms with Gasteiger partial charge in [0.2, 0.25) is 0 Å². The molecule has 4 N–H and O–H groups in total. The molecule has 56 heavy (non-hydrogen) atoms. The van der Waals surface area contributed by atoms with E-state index in [-0.39, 0.29) is 20.2 Å². The maximum Gasteiger partial charge on any atom is 0.119 e. The zero-order valence-corrected chi connectivity index (χ0v) is 31.5. The van der Waals surface area contributed by atoms with E-state index in [0.29, 0.717) is 22.5 Å². The number of nitrogens with one attached hydrogen (secondary N) is 4. The van der Waals surface area contributed by atoms with E-state index in [1.54, 1.807) is 36.4 Å². The van der Waals surface area contributed by atoms with Gasteiger partial charge in [-0.3, -0.25) is 21.6 Å². The van der Waals surface area contributed by atoms with E-state index in [0.717, 1.165) is 78.4 Å². The number of hydrogen-bond donors (Lipinski definition) is 4. The lowest BCUT2D eigenvalue weighted by atomic mass is 9.95. The molecule has 0 aliphatic rings. The minimum atomic E-state index is 0.175. The van der Waals surface area contributed by atoms with Gasteiger partial charge in [0.05, 0.1) is 22.8 Å². The molecule has 0 amide bonds. The first-order chi connectivity index (χ1) is 27.4. The standard InChI is InChI=1S/C48H32N6S2/c49-45(55-47(51)43-21-9-19-41(53-43)39-27-31-11-1-3-13-33(31)35-15-5-7-17-37(35)39)29-23-25-30(26-24-29)46(50)56-48(52)44-22-10-20-42(54-44)40-28-32-12-2-4-14-34(32)36-16-6-8-18-38(36)40/h1-28,49-52H. The molecule has 0 saturated carbocycles. The summed E-state index contributed by atoms with van der Waals surface area (Å²) >= 11 is 2.08. The number of benzene rings is 7. The predicted molar refractivity (Wildman–Crippen MR) is 238 cm³/mol. The molecule has 0 radical (unpaired) electrons. The molecule has 8 heteroatoms. The second kappa shape index (κ2) is 14.8. The minimum absolute atomic E-state index is 0.175. The van der Waals surface area contributed by atoms with Crippen molar-refractivity contribution < 1.29 is 0 Å². The average molecular weight is 757 g/mol. The van der Waals surface area contributed by atoms with Gasteiger partial charge in [0.25, 0.3) is 0 Å². The van der Waals surface area contributed by atoms with Gasteiger partial charge in [0.15, 0.2) is 0 Å². The van der Waals surface area contributed by atoms with Gasteiger partial charge in [0, 0.05) is 22.3 Å². The Morgan fingerprint density at radius 3 is 1.11 bits per heavy atom. The maximum absolute atomic E-state index is 8.87. The van der Waals surface area contributed by atoms with Crippen molar-refractivity contribution >= 4 is 86.8 Å². The Kier molecular flexibility index (Phi) is 9.27. The summed E-state index contributed by atoms with van der Waals surface area (Å²) in [4.78, 5) is 9.77. The highest BCUT2D eigenvalue weighted by molar-refractivity contribution is 8.27. The summed E-state index contributed by atoms with van der Waals surface area (Å²) < 4.78 is 0. The first kappa shape index (κ1) is 35.0. The van der Waals surface area contributed by atoms with Crippen LogP contribution >= 0.6 is 23.5 Å². The monoisotopic (exact) mass is 756 g/mol. The van der Waals surface area contributed by atoms with E-state index >= 15 is 0 Å². The number of fused-ring (bicyclic) bond motifs is 6. The van der Waals surface area contributed by atoms with E-state index in [1.165, 1.54) is 10.8 Å². The van der Waals surface area contributed by atoms with Gasteiger partial charge in [-0.1, -0.05) is 133 Å². The lowest BCUT2D eigenvalue weighted by Crippen LogP contribution is -2.06. The zero-order chi connectivity index (χ0) is 38.2. The van der Waals surface area contributed by atoms with Crippen LogP contribution in [0.5, 0.6) is 0 Å². The third-order valence-corrected chi connectivity index (χ3v) is 11.6. The molecule has 0 unspecified atom stereocenters. The first-order valence-corrected chi connectivity index (χ1v) is 19.6. The Morgan fingerprint density at radius 2 is 0.696 bits per heavy atom. The number of pyridine rings is 2. The van der Waals surface area contributed by atoms with Crippen molar-refractivity contribution in [1.29, 1.82) is 21.6 Å². The third-order valence-electron chi connectivity index (χ3n) is 9.87. The zero-order valence-electron chi connectivity index (χ0n) is 29.9. The number of aromatic nitrogens is 2. The van der Waals surface area contributed by atoms with Crippen molar-refractivity contribution in [1.82, 2.24) is 9.97 Å². The van der Waals surface area contributed by atoms with Crippen molar-refractivity contribution in [3.05, 3.63) is 192 Å². The fourth-order valence-corrected chi connectivity index (χ4v) is 8.51. The van der Waals surface area contributed by atoms with Crippen LogP contribution in [0.2, 0.25) is 0 Å². The third kappa shape index (κ3) is 6.66. The van der Waals surface area contributed by atoms with E-state index in [4.69, 9.17) is 31.6 Å². The molecule has 6 nitrogen and oxygen atoms in total. The van der Waals surface area contributed by atoms with Crippen LogP contribution in [-0.4, -0.2) is 30.1 Å². The Labute approximate surface area is 331 Å². The molecule has 0 atom stereocenters. The first-order valence-electron chi connectivity index (χ1n) is 18.0. The molecular weight excluding hydrogens is 725 g/mol. The normalized spacial score (nSPS) is 11.3. The summed E-state index contributed by atoms with van der Waals surface area (Å²) in [5, 5.41) is 45.3. The van der Waals surface area contributed by atoms with Gasteiger partial charge in [-0.2, -0.15) is 0 Å². The minimum Gasteiger partial charge on any atom is -0.293 e. The fourth-order valence-electron chi connectivity index (χ4n) is 7.15. The van der Waals surface area contributed by atoms with E-state index < -0.39 is 0 Å². The summed E-state index contributed by atoms with van der Waals surface area (Å²) in [5.74, 6) is 0. The largest absolute Gasteiger partial charge is 0.293 e. The second-order valence-corrected chi connectivity index (χ2v) is 15.3. The molecule has 0 fully saturated rings. The Balaban J connectivity index is 0.890. The molecule has 9 rings (SSSR count). The highest BCUT2D eigenvalue weighted by atomic mass is 32.2. The van der Waals surface area contributed by atoms with Crippen LogP contribution in [0.15, 0.2) is 170 Å². The van der Waals surface area contributed by atoms with Gasteiger partial charge >= 0.3 is 0 Å². The van der Waals surface area contributed by atoms with Gasteiger partial charge < -0.3 is 0 Å². The smallest absolute Gasteiger partial charge is 0.119 e. The topological polar surface area (TPSA) is 121 Å². The fraction of sp³-hybridized carbons (Fsp3) is 0. The van der Waals surface area contributed by atoms with Crippen LogP contribution in [0.1, 0.15) is 22.5 Å². The molecule has 7 aromatic carbocycles. The van der Waals surface area contributed by atoms with Crippen LogP contribution in [0.3, 0.4) is 0 Å². The highest BCUT2D eigenvalue weighted by Crippen LogP contribution is 2.36. The van der Waals surface area contributed by atoms with Gasteiger partial charge in [-0.15, -0.1) is 0 Å². The van der Waals surface area contributed by atoms with Crippen molar-refractivity contribution in [3.63, 3.8) is 0 Å². The summed E-state index contributed by atoms with van der Waals surface area (Å²) in [6, 6.07) is 56.1. The quantitative estimate of drug-likeness (QED) is 0.0766. The van der Waals surface area contributed by atoms with Crippen LogP contribution < -0.4 is 0 Å². The summed E-state index contributed by atoms with van der Waals surface area (Å²) in [5.41, 5.74) is 5.80. The number of nitrogens with zero attached hydrogens (tertiary/aromatic N) is 2. The lowest BCUT2D eigenvalue weighted by Gasteiger charge is -2.12. The highest BCUT2D eigenvalue weighted by Gasteiger charge is 2.16. The number of thioether (sulfide) groups is 2. The average Bonchev–Trinajstić information content (AvgIpc) is 3.26. The summed E-state index contributed by atoms with van der Waals surface area (Å²) in [6.07, 6.45) is 0. The van der Waals surface area contributed by atoms with Gasteiger partial charge in [-0.25, -0.2) is 9.97 Å². The van der Waals surface area contributed by atoms with Crippen molar-refractivity contribution in [2.24, 2.45) is 0 Å². The predicted octanol–water partition coefficient (Wildman–Crippen LogP) is 12.6. The number of rotatable bonds is 6. The van der Waals surface area contributed by atoms with E-state index in [2.05, 4.69) is 72.8 Å². The summed E-state index contributed by atoms with van der Waals surface area (Å²) in [6.45, 7) is 0. The van der Waals surface area contributed by atoms with Crippen LogP contribution in [-0.2, 0) is 0 Å². The molecular formula is C48H32N6S2. The maximum atomic E-state index is 8.87. The molecule has 266 valence electrons. The molecule has 2 aromatic heterocycles. The molecule has 9 aromatic rings. The molecule has 0 aliphatic carbocycles. The molecule has 2 heterocycles. The van der Waals surface area contributed by atoms with Crippen LogP contribution in [0.25, 0.3) is 65.6 Å². The number of hydrogen-bond acceptors (Lipinski definition) is 8. The van der Waals surface area contributed by atoms with E-state index in [1.807, 2.05) is 60.7 Å². The Morgan fingerprint density at radius 1 is 0.339 bits per heavy atom. The molecule has 0 saturated heterocycles. The molecule has 0 bridgehead atoms. The lowest BCUT2D eigenvalue weighted by molar-refractivity contribution is 1.29. The SMILES string of the molecule is N=C(SC(=N)c1cccc(-c2cc3ccccc3c3ccccc23)n1)c1ccc(C(=N)SC(=N)c2cccc(-c3cc4ccccc4c4ccccc34)n2)cc1. The molecule has 0 aliphatic heterocycles. The van der Waals surface area contributed by atoms with Crippen LogP contribution in [0, 0.1) is 21.6 Å². The van der Waals surface area contributed by atoms with Crippen molar-refractivity contribution in [2.45, 2.75) is 0 Å². The Hall–Kier alpha value is -6.74. The van der Waals surface area contributed by atoms with E-state index in [9.17, 15) is 0 Å². The Bertz CT molecular complexity index is 2860. The van der Waals surface area contributed by atoms with Crippen LogP contribution in [0.4, 0.5) is 0 Å².